The molecule has 0 saturated carbocycles. The molecular weight excluding hydrogens is 293 g/mol. The van der Waals surface area contributed by atoms with E-state index in [-0.39, 0.29) is 28.3 Å². The van der Waals surface area contributed by atoms with Gasteiger partial charge in [0.05, 0.1) is 11.1 Å². The molecule has 0 fully saturated rings. The summed E-state index contributed by atoms with van der Waals surface area (Å²) in [5, 5.41) is 9.27. The molecule has 5 heteroatoms. The smallest absolute Gasteiger partial charge is 0.254 e. The van der Waals surface area contributed by atoms with Crippen molar-refractivity contribution in [3.63, 3.8) is 0 Å². The monoisotopic (exact) mass is 307 g/mol. The number of rotatable bonds is 3. The number of nitrogens with zero attached hydrogens (tertiary/aromatic N) is 1. The molecular formula is C16H15ClFNO2. The minimum atomic E-state index is -0.617. The standard InChI is InChI=1S/C16H15ClFNO2/c1-10(11-3-6-13(20)7-4-11)19(2)16(21)12-5-8-14(17)15(18)9-12/h3-10,20H,1-2H3. The predicted molar refractivity (Wildman–Crippen MR) is 80.0 cm³/mol. The Labute approximate surface area is 127 Å². The molecule has 1 unspecified atom stereocenters. The van der Waals surface area contributed by atoms with E-state index in [1.165, 1.54) is 17.0 Å². The van der Waals surface area contributed by atoms with Crippen molar-refractivity contribution in [1.82, 2.24) is 4.90 Å². The predicted octanol–water partition coefficient (Wildman–Crippen LogP) is 4.02. The molecule has 0 bridgehead atoms. The number of hydrogen-bond donors (Lipinski definition) is 1. The Hall–Kier alpha value is -2.07. The summed E-state index contributed by atoms with van der Waals surface area (Å²) in [6.45, 7) is 1.86. The van der Waals surface area contributed by atoms with E-state index in [1.807, 2.05) is 6.92 Å². The maximum absolute atomic E-state index is 13.4. The van der Waals surface area contributed by atoms with E-state index in [4.69, 9.17) is 11.6 Å². The van der Waals surface area contributed by atoms with Gasteiger partial charge in [0.15, 0.2) is 0 Å². The van der Waals surface area contributed by atoms with Crippen molar-refractivity contribution in [3.8, 4) is 5.75 Å². The molecule has 21 heavy (non-hydrogen) atoms. The van der Waals surface area contributed by atoms with E-state index in [0.29, 0.717) is 0 Å². The van der Waals surface area contributed by atoms with Gasteiger partial charge in [-0.05, 0) is 42.8 Å². The van der Waals surface area contributed by atoms with Crippen LogP contribution in [0.4, 0.5) is 4.39 Å². The first-order valence-electron chi connectivity index (χ1n) is 6.41. The molecule has 1 atom stereocenters. The molecule has 0 aliphatic carbocycles. The third-order valence-electron chi connectivity index (χ3n) is 3.44. The lowest BCUT2D eigenvalue weighted by Gasteiger charge is -2.25. The van der Waals surface area contributed by atoms with E-state index in [1.54, 1.807) is 31.3 Å². The van der Waals surface area contributed by atoms with Gasteiger partial charge in [-0.1, -0.05) is 23.7 Å². The second-order valence-corrected chi connectivity index (χ2v) is 5.22. The van der Waals surface area contributed by atoms with Crippen LogP contribution in [0, 0.1) is 5.82 Å². The summed E-state index contributed by atoms with van der Waals surface area (Å²) in [5.41, 5.74) is 1.11. The van der Waals surface area contributed by atoms with Gasteiger partial charge in [0.25, 0.3) is 5.91 Å². The third kappa shape index (κ3) is 3.34. The fourth-order valence-corrected chi connectivity index (χ4v) is 2.10. The van der Waals surface area contributed by atoms with Gasteiger partial charge in [-0.25, -0.2) is 4.39 Å². The molecule has 2 aromatic carbocycles. The number of amides is 1. The molecule has 0 aromatic heterocycles. The first-order valence-corrected chi connectivity index (χ1v) is 6.79. The van der Waals surface area contributed by atoms with Crippen LogP contribution in [0.1, 0.15) is 28.9 Å². The van der Waals surface area contributed by atoms with Crippen molar-refractivity contribution in [2.75, 3.05) is 7.05 Å². The van der Waals surface area contributed by atoms with E-state index in [9.17, 15) is 14.3 Å². The van der Waals surface area contributed by atoms with Crippen LogP contribution in [0.3, 0.4) is 0 Å². The second-order valence-electron chi connectivity index (χ2n) is 4.81. The van der Waals surface area contributed by atoms with Crippen molar-refractivity contribution in [1.29, 1.82) is 0 Å². The third-order valence-corrected chi connectivity index (χ3v) is 3.75. The summed E-state index contributed by atoms with van der Waals surface area (Å²) in [7, 11) is 1.65. The van der Waals surface area contributed by atoms with Gasteiger partial charge < -0.3 is 10.0 Å². The van der Waals surface area contributed by atoms with E-state index in [2.05, 4.69) is 0 Å². The van der Waals surface area contributed by atoms with Gasteiger partial charge in [-0.15, -0.1) is 0 Å². The Bertz CT molecular complexity index is 658. The lowest BCUT2D eigenvalue weighted by molar-refractivity contribution is 0.0742. The zero-order chi connectivity index (χ0) is 15.6. The number of benzene rings is 2. The molecule has 3 nitrogen and oxygen atoms in total. The number of aromatic hydroxyl groups is 1. The molecule has 1 N–H and O–H groups in total. The zero-order valence-electron chi connectivity index (χ0n) is 11.7. The molecule has 0 spiro atoms. The molecule has 0 radical (unpaired) electrons. The molecule has 0 heterocycles. The summed E-state index contributed by atoms with van der Waals surface area (Å²) < 4.78 is 13.4. The quantitative estimate of drug-likeness (QED) is 0.930. The minimum Gasteiger partial charge on any atom is -0.508 e. The Morgan fingerprint density at radius 2 is 1.86 bits per heavy atom. The summed E-state index contributed by atoms with van der Waals surface area (Å²) in [4.78, 5) is 13.9. The summed E-state index contributed by atoms with van der Waals surface area (Å²) >= 11 is 5.61. The number of phenolic OH excluding ortho intramolecular Hbond substituents is 1. The highest BCUT2D eigenvalue weighted by Gasteiger charge is 2.19. The van der Waals surface area contributed by atoms with Gasteiger partial charge in [0.1, 0.15) is 11.6 Å². The van der Waals surface area contributed by atoms with Crippen molar-refractivity contribution in [3.05, 3.63) is 64.4 Å². The minimum absolute atomic E-state index is 0.0132. The maximum Gasteiger partial charge on any atom is 0.254 e. The van der Waals surface area contributed by atoms with Crippen molar-refractivity contribution in [2.24, 2.45) is 0 Å². The summed E-state index contributed by atoms with van der Waals surface area (Å²) in [6, 6.07) is 10.4. The molecule has 1 amide bonds. The second kappa shape index (κ2) is 6.14. The van der Waals surface area contributed by atoms with Gasteiger partial charge in [0, 0.05) is 12.6 Å². The Kier molecular flexibility index (Phi) is 4.48. The van der Waals surface area contributed by atoms with E-state index in [0.717, 1.165) is 11.6 Å². The van der Waals surface area contributed by atoms with Gasteiger partial charge in [0.2, 0.25) is 0 Å². The molecule has 110 valence electrons. The number of carbonyl (C=O) groups excluding carboxylic acids is 1. The molecule has 2 rings (SSSR count). The van der Waals surface area contributed by atoms with Crippen LogP contribution in [-0.2, 0) is 0 Å². The van der Waals surface area contributed by atoms with Crippen LogP contribution in [0.5, 0.6) is 5.75 Å². The first-order chi connectivity index (χ1) is 9.90. The summed E-state index contributed by atoms with van der Waals surface area (Å²) in [5.74, 6) is -0.751. The highest BCUT2D eigenvalue weighted by molar-refractivity contribution is 6.30. The molecule has 0 aliphatic heterocycles. The number of carbonyl (C=O) groups is 1. The van der Waals surface area contributed by atoms with E-state index < -0.39 is 5.82 Å². The number of hydrogen-bond acceptors (Lipinski definition) is 2. The lowest BCUT2D eigenvalue weighted by atomic mass is 10.1. The maximum atomic E-state index is 13.4. The SMILES string of the molecule is CC(c1ccc(O)cc1)N(C)C(=O)c1ccc(Cl)c(F)c1. The first kappa shape index (κ1) is 15.3. The van der Waals surface area contributed by atoms with Crippen molar-refractivity contribution >= 4 is 17.5 Å². The highest BCUT2D eigenvalue weighted by atomic mass is 35.5. The summed E-state index contributed by atoms with van der Waals surface area (Å²) in [6.07, 6.45) is 0. The average molecular weight is 308 g/mol. The normalized spacial score (nSPS) is 12.0. The van der Waals surface area contributed by atoms with Crippen molar-refractivity contribution < 1.29 is 14.3 Å². The van der Waals surface area contributed by atoms with Crippen LogP contribution < -0.4 is 0 Å². The Morgan fingerprint density at radius 1 is 1.24 bits per heavy atom. The van der Waals surface area contributed by atoms with Crippen LogP contribution in [0.25, 0.3) is 0 Å². The van der Waals surface area contributed by atoms with Crippen molar-refractivity contribution in [2.45, 2.75) is 13.0 Å². The molecule has 0 aliphatic rings. The topological polar surface area (TPSA) is 40.5 Å². The van der Waals surface area contributed by atoms with Crippen LogP contribution in [0.15, 0.2) is 42.5 Å². The Morgan fingerprint density at radius 3 is 2.43 bits per heavy atom. The van der Waals surface area contributed by atoms with Gasteiger partial charge >= 0.3 is 0 Å². The fraction of sp³-hybridized carbons (Fsp3) is 0.188. The fourth-order valence-electron chi connectivity index (χ4n) is 1.99. The molecule has 2 aromatic rings. The number of phenols is 1. The van der Waals surface area contributed by atoms with Gasteiger partial charge in [-0.3, -0.25) is 4.79 Å². The zero-order valence-corrected chi connectivity index (χ0v) is 12.4. The number of halogens is 2. The lowest BCUT2D eigenvalue weighted by Crippen LogP contribution is -2.29. The average Bonchev–Trinajstić information content (AvgIpc) is 2.48. The highest BCUT2D eigenvalue weighted by Crippen LogP contribution is 2.23. The van der Waals surface area contributed by atoms with Crippen LogP contribution in [-0.4, -0.2) is 23.0 Å². The van der Waals surface area contributed by atoms with E-state index >= 15 is 0 Å². The Balaban J connectivity index is 2.21. The largest absolute Gasteiger partial charge is 0.508 e. The van der Waals surface area contributed by atoms with Crippen LogP contribution in [0.2, 0.25) is 5.02 Å². The van der Waals surface area contributed by atoms with Gasteiger partial charge in [-0.2, -0.15) is 0 Å². The van der Waals surface area contributed by atoms with Crippen LogP contribution >= 0.6 is 11.6 Å². The molecule has 0 saturated heterocycles.